The number of ether oxygens (including phenoxy) is 1. The second-order valence-electron chi connectivity index (χ2n) is 6.79. The molecule has 1 aromatic rings. The summed E-state index contributed by atoms with van der Waals surface area (Å²) in [6, 6.07) is 8.91. The van der Waals surface area contributed by atoms with Gasteiger partial charge in [0.2, 0.25) is 0 Å². The van der Waals surface area contributed by atoms with Crippen LogP contribution < -0.4 is 5.73 Å². The molecule has 2 fully saturated rings. The highest BCUT2D eigenvalue weighted by Gasteiger charge is 2.41. The zero-order valence-corrected chi connectivity index (χ0v) is 12.6. The number of rotatable bonds is 3. The highest BCUT2D eigenvalue weighted by atomic mass is 16.5. The van der Waals surface area contributed by atoms with Crippen LogP contribution in [0.1, 0.15) is 49.7 Å². The second kappa shape index (κ2) is 5.87. The lowest BCUT2D eigenvalue weighted by Crippen LogP contribution is -2.44. The smallest absolute Gasteiger partial charge is 0.0685 e. The highest BCUT2D eigenvalue weighted by Crippen LogP contribution is 2.42. The monoisotopic (exact) mass is 273 g/mol. The van der Waals surface area contributed by atoms with Crippen molar-refractivity contribution in [2.45, 2.75) is 63.5 Å². The second-order valence-corrected chi connectivity index (χ2v) is 6.79. The van der Waals surface area contributed by atoms with Crippen molar-refractivity contribution in [1.29, 1.82) is 0 Å². The molecule has 1 aliphatic carbocycles. The van der Waals surface area contributed by atoms with Crippen LogP contribution >= 0.6 is 0 Å². The maximum absolute atomic E-state index is 6.54. The van der Waals surface area contributed by atoms with Gasteiger partial charge in [-0.15, -0.1) is 0 Å². The molecule has 2 atom stereocenters. The van der Waals surface area contributed by atoms with Crippen LogP contribution in [0, 0.1) is 12.8 Å². The maximum atomic E-state index is 6.54. The van der Waals surface area contributed by atoms with Gasteiger partial charge in [0, 0.05) is 12.6 Å². The van der Waals surface area contributed by atoms with Crippen LogP contribution in [0.5, 0.6) is 0 Å². The van der Waals surface area contributed by atoms with Crippen molar-refractivity contribution in [2.24, 2.45) is 11.7 Å². The van der Waals surface area contributed by atoms with Crippen molar-refractivity contribution in [3.63, 3.8) is 0 Å². The van der Waals surface area contributed by atoms with E-state index in [0.29, 0.717) is 5.92 Å². The standard InChI is InChI=1S/C18H27NO/c1-14-6-2-3-7-15(14)12-17(19)16-8-11-20-18(13-16)9-4-5-10-18/h2-3,6-7,16-17H,4-5,8-13,19H2,1H3. The van der Waals surface area contributed by atoms with Crippen molar-refractivity contribution < 1.29 is 4.74 Å². The largest absolute Gasteiger partial charge is 0.375 e. The van der Waals surface area contributed by atoms with Crippen LogP contribution in [-0.4, -0.2) is 18.2 Å². The first-order chi connectivity index (χ1) is 9.69. The summed E-state index contributed by atoms with van der Waals surface area (Å²) in [5, 5.41) is 0. The number of hydrogen-bond acceptors (Lipinski definition) is 2. The van der Waals surface area contributed by atoms with Gasteiger partial charge in [-0.2, -0.15) is 0 Å². The number of aryl methyl sites for hydroxylation is 1. The Morgan fingerprint density at radius 2 is 2.05 bits per heavy atom. The number of nitrogens with two attached hydrogens (primary N) is 1. The molecule has 0 bridgehead atoms. The van der Waals surface area contributed by atoms with Crippen LogP contribution in [0.2, 0.25) is 0 Å². The molecule has 0 radical (unpaired) electrons. The minimum atomic E-state index is 0.187. The van der Waals surface area contributed by atoms with Gasteiger partial charge in [-0.05, 0) is 56.1 Å². The van der Waals surface area contributed by atoms with E-state index < -0.39 is 0 Å². The summed E-state index contributed by atoms with van der Waals surface area (Å²) in [5.74, 6) is 0.626. The molecule has 2 aliphatic rings. The molecule has 1 saturated carbocycles. The van der Waals surface area contributed by atoms with Gasteiger partial charge in [-0.3, -0.25) is 0 Å². The van der Waals surface area contributed by atoms with Crippen LogP contribution in [0.15, 0.2) is 24.3 Å². The van der Waals surface area contributed by atoms with Crippen LogP contribution in [-0.2, 0) is 11.2 Å². The molecule has 1 aliphatic heterocycles. The van der Waals surface area contributed by atoms with Gasteiger partial charge in [0.1, 0.15) is 0 Å². The van der Waals surface area contributed by atoms with E-state index in [2.05, 4.69) is 31.2 Å². The van der Waals surface area contributed by atoms with Crippen LogP contribution in [0.3, 0.4) is 0 Å². The van der Waals surface area contributed by atoms with E-state index in [1.165, 1.54) is 43.2 Å². The normalized spacial score (nSPS) is 26.8. The lowest BCUT2D eigenvalue weighted by molar-refractivity contribution is -0.0960. The Balaban J connectivity index is 1.65. The molecule has 1 spiro atoms. The van der Waals surface area contributed by atoms with Gasteiger partial charge in [-0.25, -0.2) is 0 Å². The Labute approximate surface area is 122 Å². The first-order valence-corrected chi connectivity index (χ1v) is 8.13. The van der Waals surface area contributed by atoms with Gasteiger partial charge >= 0.3 is 0 Å². The molecule has 0 amide bonds. The molecule has 2 nitrogen and oxygen atoms in total. The molecule has 1 saturated heterocycles. The molecule has 1 aromatic carbocycles. The predicted octanol–water partition coefficient (Wildman–Crippen LogP) is 3.60. The summed E-state index contributed by atoms with van der Waals surface area (Å²) in [4.78, 5) is 0. The van der Waals surface area contributed by atoms with E-state index in [4.69, 9.17) is 10.5 Å². The van der Waals surface area contributed by atoms with E-state index in [-0.39, 0.29) is 11.6 Å². The van der Waals surface area contributed by atoms with Gasteiger partial charge in [-0.1, -0.05) is 37.1 Å². The number of hydrogen-bond donors (Lipinski definition) is 1. The molecular formula is C18H27NO. The molecule has 0 aromatic heterocycles. The third-order valence-electron chi connectivity index (χ3n) is 5.37. The van der Waals surface area contributed by atoms with Gasteiger partial charge in [0.25, 0.3) is 0 Å². The minimum Gasteiger partial charge on any atom is -0.375 e. The van der Waals surface area contributed by atoms with E-state index in [1.807, 2.05) is 0 Å². The fourth-order valence-corrected chi connectivity index (χ4v) is 4.06. The molecular weight excluding hydrogens is 246 g/mol. The molecule has 1 heterocycles. The predicted molar refractivity (Wildman–Crippen MR) is 82.7 cm³/mol. The fourth-order valence-electron chi connectivity index (χ4n) is 4.06. The highest BCUT2D eigenvalue weighted by molar-refractivity contribution is 5.26. The Hall–Kier alpha value is -0.860. The van der Waals surface area contributed by atoms with E-state index >= 15 is 0 Å². The van der Waals surface area contributed by atoms with Crippen molar-refractivity contribution in [3.05, 3.63) is 35.4 Å². The summed E-state index contributed by atoms with van der Waals surface area (Å²) in [7, 11) is 0. The van der Waals surface area contributed by atoms with E-state index in [0.717, 1.165) is 19.4 Å². The summed E-state index contributed by atoms with van der Waals surface area (Å²) >= 11 is 0. The van der Waals surface area contributed by atoms with Gasteiger partial charge in [0.15, 0.2) is 0 Å². The third-order valence-corrected chi connectivity index (χ3v) is 5.37. The third kappa shape index (κ3) is 2.91. The Morgan fingerprint density at radius 1 is 1.30 bits per heavy atom. The fraction of sp³-hybridized carbons (Fsp3) is 0.667. The number of benzene rings is 1. The average molecular weight is 273 g/mol. The maximum Gasteiger partial charge on any atom is 0.0685 e. The Morgan fingerprint density at radius 3 is 2.80 bits per heavy atom. The lowest BCUT2D eigenvalue weighted by atomic mass is 9.79. The van der Waals surface area contributed by atoms with Gasteiger partial charge in [0.05, 0.1) is 5.60 Å². The molecule has 110 valence electrons. The Bertz CT molecular complexity index is 450. The molecule has 20 heavy (non-hydrogen) atoms. The first-order valence-electron chi connectivity index (χ1n) is 8.13. The zero-order valence-electron chi connectivity index (χ0n) is 12.6. The molecule has 2 N–H and O–H groups in total. The molecule has 2 unspecified atom stereocenters. The quantitative estimate of drug-likeness (QED) is 0.913. The van der Waals surface area contributed by atoms with Crippen LogP contribution in [0.4, 0.5) is 0 Å². The molecule has 2 heteroatoms. The SMILES string of the molecule is Cc1ccccc1CC(N)C1CCOC2(CCCC2)C1. The summed E-state index contributed by atoms with van der Waals surface area (Å²) in [5.41, 5.74) is 9.51. The van der Waals surface area contributed by atoms with Crippen molar-refractivity contribution in [2.75, 3.05) is 6.61 Å². The van der Waals surface area contributed by atoms with Crippen molar-refractivity contribution >= 4 is 0 Å². The summed E-state index contributed by atoms with van der Waals surface area (Å²) < 4.78 is 6.13. The van der Waals surface area contributed by atoms with Crippen molar-refractivity contribution in [3.8, 4) is 0 Å². The Kier molecular flexibility index (Phi) is 4.13. The summed E-state index contributed by atoms with van der Waals surface area (Å²) in [6.45, 7) is 3.09. The van der Waals surface area contributed by atoms with E-state index in [9.17, 15) is 0 Å². The minimum absolute atomic E-state index is 0.187. The summed E-state index contributed by atoms with van der Waals surface area (Å²) in [6.07, 6.45) is 8.49. The topological polar surface area (TPSA) is 35.2 Å². The first kappa shape index (κ1) is 14.1. The molecule has 3 rings (SSSR count). The zero-order chi connectivity index (χ0) is 14.0. The van der Waals surface area contributed by atoms with Crippen molar-refractivity contribution in [1.82, 2.24) is 0 Å². The van der Waals surface area contributed by atoms with E-state index in [1.54, 1.807) is 0 Å². The lowest BCUT2D eigenvalue weighted by Gasteiger charge is -2.40. The average Bonchev–Trinajstić information content (AvgIpc) is 2.89. The van der Waals surface area contributed by atoms with Gasteiger partial charge < -0.3 is 10.5 Å². The van der Waals surface area contributed by atoms with Crippen LogP contribution in [0.25, 0.3) is 0 Å².